The van der Waals surface area contributed by atoms with E-state index in [2.05, 4.69) is 22.6 Å². The van der Waals surface area contributed by atoms with Gasteiger partial charge in [0.1, 0.15) is 0 Å². The van der Waals surface area contributed by atoms with Gasteiger partial charge in [0.15, 0.2) is 0 Å². The lowest BCUT2D eigenvalue weighted by Crippen LogP contribution is -2.35. The van der Waals surface area contributed by atoms with Crippen molar-refractivity contribution in [2.45, 2.75) is 26.7 Å². The van der Waals surface area contributed by atoms with Crippen LogP contribution in [0.25, 0.3) is 0 Å². The van der Waals surface area contributed by atoms with Crippen LogP contribution in [0.4, 0.5) is 11.4 Å². The van der Waals surface area contributed by atoms with Gasteiger partial charge in [-0.1, -0.05) is 13.8 Å². The molecule has 0 spiro atoms. The molecule has 2 rings (SSSR count). The number of rotatable bonds is 5. The standard InChI is InChI=1S/C17H27N3O/c1-13(2)17(21)19-16-8-6-15(7-9-16)18-11-14-5-4-10-20(3)12-14/h6-9,13-14,18H,4-5,10-12H2,1-3H3,(H,19,21). The van der Waals surface area contributed by atoms with Crippen LogP contribution in [-0.2, 0) is 4.79 Å². The molecule has 0 radical (unpaired) electrons. The second-order valence-corrected chi connectivity index (χ2v) is 6.37. The first-order valence-electron chi connectivity index (χ1n) is 7.88. The number of amides is 1. The lowest BCUT2D eigenvalue weighted by molar-refractivity contribution is -0.118. The van der Waals surface area contributed by atoms with E-state index in [9.17, 15) is 4.79 Å². The molecule has 1 atom stereocenters. The topological polar surface area (TPSA) is 44.4 Å². The zero-order valence-corrected chi connectivity index (χ0v) is 13.4. The zero-order valence-electron chi connectivity index (χ0n) is 13.4. The third-order valence-electron chi connectivity index (χ3n) is 3.99. The van der Waals surface area contributed by atoms with Gasteiger partial charge < -0.3 is 15.5 Å². The molecule has 2 N–H and O–H groups in total. The predicted octanol–water partition coefficient (Wildman–Crippen LogP) is 3.03. The second kappa shape index (κ2) is 7.46. The lowest BCUT2D eigenvalue weighted by atomic mass is 9.98. The van der Waals surface area contributed by atoms with E-state index in [0.717, 1.165) is 23.8 Å². The highest BCUT2D eigenvalue weighted by Gasteiger charge is 2.16. The lowest BCUT2D eigenvalue weighted by Gasteiger charge is -2.30. The largest absolute Gasteiger partial charge is 0.385 e. The summed E-state index contributed by atoms with van der Waals surface area (Å²) in [6, 6.07) is 7.97. The highest BCUT2D eigenvalue weighted by molar-refractivity contribution is 5.92. The van der Waals surface area contributed by atoms with Crippen molar-refractivity contribution in [2.75, 3.05) is 37.3 Å². The molecule has 0 bridgehead atoms. The van der Waals surface area contributed by atoms with Gasteiger partial charge in [0.25, 0.3) is 0 Å². The van der Waals surface area contributed by atoms with Crippen molar-refractivity contribution in [3.8, 4) is 0 Å². The number of hydrogen-bond donors (Lipinski definition) is 2. The van der Waals surface area contributed by atoms with E-state index in [4.69, 9.17) is 0 Å². The van der Waals surface area contributed by atoms with Gasteiger partial charge >= 0.3 is 0 Å². The summed E-state index contributed by atoms with van der Waals surface area (Å²) in [5.74, 6) is 0.788. The SMILES string of the molecule is CC(C)C(=O)Nc1ccc(NCC2CCCN(C)C2)cc1. The smallest absolute Gasteiger partial charge is 0.226 e. The molecule has 0 saturated carbocycles. The molecule has 1 saturated heterocycles. The minimum absolute atomic E-state index is 0.00564. The summed E-state index contributed by atoms with van der Waals surface area (Å²) in [4.78, 5) is 14.0. The van der Waals surface area contributed by atoms with Crippen molar-refractivity contribution in [1.82, 2.24) is 4.90 Å². The third-order valence-corrected chi connectivity index (χ3v) is 3.99. The monoisotopic (exact) mass is 289 g/mol. The first kappa shape index (κ1) is 15.8. The van der Waals surface area contributed by atoms with Gasteiger partial charge in [-0.2, -0.15) is 0 Å². The van der Waals surface area contributed by atoms with E-state index in [1.54, 1.807) is 0 Å². The summed E-state index contributed by atoms with van der Waals surface area (Å²) < 4.78 is 0. The highest BCUT2D eigenvalue weighted by Crippen LogP contribution is 2.18. The Hall–Kier alpha value is -1.55. The summed E-state index contributed by atoms with van der Waals surface area (Å²) >= 11 is 0. The number of piperidine rings is 1. The molecular weight excluding hydrogens is 262 g/mol. The molecule has 116 valence electrons. The molecule has 1 aromatic carbocycles. The molecule has 1 unspecified atom stereocenters. The summed E-state index contributed by atoms with van der Waals surface area (Å²) in [5.41, 5.74) is 1.97. The van der Waals surface area contributed by atoms with Crippen molar-refractivity contribution in [2.24, 2.45) is 11.8 Å². The Kier molecular flexibility index (Phi) is 5.62. The average molecular weight is 289 g/mol. The Bertz CT molecular complexity index is 456. The summed E-state index contributed by atoms with van der Waals surface area (Å²) in [6.07, 6.45) is 2.60. The minimum atomic E-state index is 0.00564. The van der Waals surface area contributed by atoms with Gasteiger partial charge in [0.2, 0.25) is 5.91 Å². The number of carbonyl (C=O) groups is 1. The van der Waals surface area contributed by atoms with Crippen LogP contribution in [-0.4, -0.2) is 37.5 Å². The van der Waals surface area contributed by atoms with Gasteiger partial charge in [0.05, 0.1) is 0 Å². The Labute approximate surface area is 127 Å². The Morgan fingerprint density at radius 2 is 1.95 bits per heavy atom. The number of hydrogen-bond acceptors (Lipinski definition) is 3. The molecule has 4 nitrogen and oxygen atoms in total. The van der Waals surface area contributed by atoms with E-state index in [0.29, 0.717) is 0 Å². The molecule has 4 heteroatoms. The van der Waals surface area contributed by atoms with Crippen LogP contribution in [0.3, 0.4) is 0 Å². The maximum atomic E-state index is 11.6. The van der Waals surface area contributed by atoms with Crippen molar-refractivity contribution in [1.29, 1.82) is 0 Å². The predicted molar refractivity (Wildman–Crippen MR) is 88.6 cm³/mol. The van der Waals surface area contributed by atoms with Crippen molar-refractivity contribution < 1.29 is 4.79 Å². The molecule has 21 heavy (non-hydrogen) atoms. The highest BCUT2D eigenvalue weighted by atomic mass is 16.1. The fourth-order valence-electron chi connectivity index (χ4n) is 2.66. The fourth-order valence-corrected chi connectivity index (χ4v) is 2.66. The van der Waals surface area contributed by atoms with E-state index >= 15 is 0 Å². The molecular formula is C17H27N3O. The maximum absolute atomic E-state index is 11.6. The number of nitrogens with zero attached hydrogens (tertiary/aromatic N) is 1. The fraction of sp³-hybridized carbons (Fsp3) is 0.588. The van der Waals surface area contributed by atoms with Gasteiger partial charge in [-0.25, -0.2) is 0 Å². The molecule has 1 heterocycles. The number of anilines is 2. The van der Waals surface area contributed by atoms with Crippen molar-refractivity contribution in [3.63, 3.8) is 0 Å². The minimum Gasteiger partial charge on any atom is -0.385 e. The zero-order chi connectivity index (χ0) is 15.2. The van der Waals surface area contributed by atoms with Crippen LogP contribution in [0.5, 0.6) is 0 Å². The van der Waals surface area contributed by atoms with Crippen LogP contribution in [0.1, 0.15) is 26.7 Å². The van der Waals surface area contributed by atoms with E-state index in [1.807, 2.05) is 38.1 Å². The van der Waals surface area contributed by atoms with Crippen LogP contribution >= 0.6 is 0 Å². The van der Waals surface area contributed by atoms with Gasteiger partial charge in [0, 0.05) is 30.4 Å². The molecule has 1 fully saturated rings. The molecule has 1 aromatic rings. The van der Waals surface area contributed by atoms with Crippen LogP contribution in [0.15, 0.2) is 24.3 Å². The first-order valence-corrected chi connectivity index (χ1v) is 7.88. The van der Waals surface area contributed by atoms with E-state index in [1.165, 1.54) is 25.9 Å². The molecule has 0 aliphatic carbocycles. The van der Waals surface area contributed by atoms with Gasteiger partial charge in [-0.3, -0.25) is 4.79 Å². The van der Waals surface area contributed by atoms with Crippen molar-refractivity contribution in [3.05, 3.63) is 24.3 Å². The molecule has 0 aromatic heterocycles. The van der Waals surface area contributed by atoms with E-state index in [-0.39, 0.29) is 11.8 Å². The summed E-state index contributed by atoms with van der Waals surface area (Å²) in [5, 5.41) is 6.41. The number of likely N-dealkylation sites (tertiary alicyclic amines) is 1. The second-order valence-electron chi connectivity index (χ2n) is 6.37. The van der Waals surface area contributed by atoms with Gasteiger partial charge in [-0.05, 0) is 56.6 Å². The van der Waals surface area contributed by atoms with E-state index < -0.39 is 0 Å². The quantitative estimate of drug-likeness (QED) is 0.875. The number of benzene rings is 1. The summed E-state index contributed by atoms with van der Waals surface area (Å²) in [6.45, 7) is 7.21. The Morgan fingerprint density at radius 1 is 1.29 bits per heavy atom. The van der Waals surface area contributed by atoms with Crippen LogP contribution < -0.4 is 10.6 Å². The summed E-state index contributed by atoms with van der Waals surface area (Å²) in [7, 11) is 2.19. The molecule has 1 amide bonds. The normalized spacial score (nSPS) is 19.5. The number of nitrogens with one attached hydrogen (secondary N) is 2. The molecule has 1 aliphatic rings. The Morgan fingerprint density at radius 3 is 2.57 bits per heavy atom. The van der Waals surface area contributed by atoms with Crippen LogP contribution in [0, 0.1) is 11.8 Å². The average Bonchev–Trinajstić information content (AvgIpc) is 2.46. The Balaban J connectivity index is 1.80. The van der Waals surface area contributed by atoms with Gasteiger partial charge in [-0.15, -0.1) is 0 Å². The third kappa shape index (κ3) is 5.05. The van der Waals surface area contributed by atoms with Crippen molar-refractivity contribution >= 4 is 17.3 Å². The van der Waals surface area contributed by atoms with Crippen LogP contribution in [0.2, 0.25) is 0 Å². The first-order chi connectivity index (χ1) is 10.0. The maximum Gasteiger partial charge on any atom is 0.226 e. The molecule has 1 aliphatic heterocycles. The number of carbonyl (C=O) groups excluding carboxylic acids is 1.